The van der Waals surface area contributed by atoms with Crippen LogP contribution in [-0.2, 0) is 0 Å². The Kier molecular flexibility index (Phi) is 4.36. The Balaban J connectivity index is 1.49. The van der Waals surface area contributed by atoms with E-state index < -0.39 is 0 Å². The van der Waals surface area contributed by atoms with E-state index in [1.165, 1.54) is 11.4 Å². The zero-order valence-corrected chi connectivity index (χ0v) is 15.0. The van der Waals surface area contributed by atoms with Crippen LogP contribution in [0.25, 0.3) is 5.69 Å². The number of piperazine rings is 1. The van der Waals surface area contributed by atoms with Crippen molar-refractivity contribution in [2.45, 2.75) is 6.92 Å². The van der Waals surface area contributed by atoms with E-state index in [0.29, 0.717) is 0 Å². The molecule has 0 aliphatic carbocycles. The van der Waals surface area contributed by atoms with Crippen molar-refractivity contribution in [1.29, 1.82) is 0 Å². The first kappa shape index (κ1) is 16.0. The van der Waals surface area contributed by atoms with E-state index in [-0.39, 0.29) is 0 Å². The molecular weight excluding hydrogens is 332 g/mol. The Hall–Kier alpha value is -2.46. The molecule has 0 saturated carbocycles. The molecule has 0 spiro atoms. The average molecular weight is 353 g/mol. The zero-order valence-electron chi connectivity index (χ0n) is 14.3. The van der Waals surface area contributed by atoms with Crippen molar-refractivity contribution in [2.24, 2.45) is 0 Å². The molecule has 1 aromatic heterocycles. The third-order valence-corrected chi connectivity index (χ3v) is 4.92. The second-order valence-corrected chi connectivity index (χ2v) is 6.77. The van der Waals surface area contributed by atoms with E-state index in [0.717, 1.165) is 42.6 Å². The zero-order chi connectivity index (χ0) is 17.2. The monoisotopic (exact) mass is 352 g/mol. The fraction of sp³-hybridized carbons (Fsp3) is 0.250. The standard InChI is InChI=1S/C20H21ClN4/c1-16-20(15-25(22-16)18-7-3-2-4-8-18)24-12-10-23(11-13-24)19-9-5-6-17(21)14-19/h2-9,14-15H,10-13H2,1H3. The van der Waals surface area contributed by atoms with Crippen LogP contribution in [0.2, 0.25) is 5.02 Å². The molecule has 4 nitrogen and oxygen atoms in total. The van der Waals surface area contributed by atoms with Gasteiger partial charge in [0.25, 0.3) is 0 Å². The van der Waals surface area contributed by atoms with E-state index in [2.05, 4.69) is 46.2 Å². The number of nitrogens with zero attached hydrogens (tertiary/aromatic N) is 4. The summed E-state index contributed by atoms with van der Waals surface area (Å²) in [4.78, 5) is 4.81. The second kappa shape index (κ2) is 6.81. The van der Waals surface area contributed by atoms with Crippen molar-refractivity contribution >= 4 is 23.0 Å². The number of benzene rings is 2. The van der Waals surface area contributed by atoms with Gasteiger partial charge in [-0.2, -0.15) is 5.10 Å². The van der Waals surface area contributed by atoms with Gasteiger partial charge in [0.2, 0.25) is 0 Å². The predicted molar refractivity (Wildman–Crippen MR) is 104 cm³/mol. The molecule has 1 aliphatic rings. The lowest BCUT2D eigenvalue weighted by Gasteiger charge is -2.37. The fourth-order valence-corrected chi connectivity index (χ4v) is 3.54. The number of anilines is 2. The van der Waals surface area contributed by atoms with Crippen LogP contribution < -0.4 is 9.80 Å². The number of aryl methyl sites for hydroxylation is 1. The SMILES string of the molecule is Cc1nn(-c2ccccc2)cc1N1CCN(c2cccc(Cl)c2)CC1. The molecular formula is C20H21ClN4. The number of halogens is 1. The van der Waals surface area contributed by atoms with Gasteiger partial charge in [-0.05, 0) is 37.3 Å². The summed E-state index contributed by atoms with van der Waals surface area (Å²) in [6, 6.07) is 18.3. The van der Waals surface area contributed by atoms with E-state index >= 15 is 0 Å². The minimum atomic E-state index is 0.792. The van der Waals surface area contributed by atoms with Gasteiger partial charge in [0.1, 0.15) is 0 Å². The van der Waals surface area contributed by atoms with E-state index in [1.807, 2.05) is 41.1 Å². The molecule has 0 bridgehead atoms. The fourth-order valence-electron chi connectivity index (χ4n) is 3.35. The summed E-state index contributed by atoms with van der Waals surface area (Å²) < 4.78 is 1.97. The van der Waals surface area contributed by atoms with Gasteiger partial charge >= 0.3 is 0 Å². The van der Waals surface area contributed by atoms with Gasteiger partial charge in [-0.25, -0.2) is 4.68 Å². The maximum atomic E-state index is 6.12. The molecule has 2 heterocycles. The van der Waals surface area contributed by atoms with Gasteiger partial charge in [0.05, 0.1) is 23.3 Å². The van der Waals surface area contributed by atoms with Gasteiger partial charge in [-0.15, -0.1) is 0 Å². The van der Waals surface area contributed by atoms with Crippen molar-refractivity contribution < 1.29 is 0 Å². The first-order valence-corrected chi connectivity index (χ1v) is 8.96. The van der Waals surface area contributed by atoms with Gasteiger partial charge < -0.3 is 9.80 Å². The third-order valence-electron chi connectivity index (χ3n) is 4.69. The largest absolute Gasteiger partial charge is 0.368 e. The topological polar surface area (TPSA) is 24.3 Å². The van der Waals surface area contributed by atoms with Gasteiger partial charge in [-0.3, -0.25) is 0 Å². The molecule has 5 heteroatoms. The lowest BCUT2D eigenvalue weighted by Crippen LogP contribution is -2.46. The quantitative estimate of drug-likeness (QED) is 0.707. The number of rotatable bonds is 3. The minimum absolute atomic E-state index is 0.792. The molecule has 25 heavy (non-hydrogen) atoms. The Bertz CT molecular complexity index is 851. The smallest absolute Gasteiger partial charge is 0.0831 e. The van der Waals surface area contributed by atoms with Crippen molar-refractivity contribution in [3.8, 4) is 5.69 Å². The number of para-hydroxylation sites is 1. The maximum absolute atomic E-state index is 6.12. The van der Waals surface area contributed by atoms with Crippen molar-refractivity contribution in [3.63, 3.8) is 0 Å². The van der Waals surface area contributed by atoms with Crippen molar-refractivity contribution in [1.82, 2.24) is 9.78 Å². The summed E-state index contributed by atoms with van der Waals surface area (Å²) in [5.41, 5.74) is 4.58. The van der Waals surface area contributed by atoms with Crippen LogP contribution in [-0.4, -0.2) is 36.0 Å². The Morgan fingerprint density at radius 2 is 1.52 bits per heavy atom. The molecule has 1 fully saturated rings. The highest BCUT2D eigenvalue weighted by Gasteiger charge is 2.20. The van der Waals surface area contributed by atoms with Crippen LogP contribution in [0.3, 0.4) is 0 Å². The summed E-state index contributed by atoms with van der Waals surface area (Å²) in [5, 5.41) is 5.48. The van der Waals surface area contributed by atoms with Crippen LogP contribution in [0.1, 0.15) is 5.69 Å². The Morgan fingerprint density at radius 3 is 2.24 bits per heavy atom. The highest BCUT2D eigenvalue weighted by molar-refractivity contribution is 6.30. The van der Waals surface area contributed by atoms with Gasteiger partial charge in [-0.1, -0.05) is 35.9 Å². The molecule has 3 aromatic rings. The van der Waals surface area contributed by atoms with E-state index in [9.17, 15) is 0 Å². The average Bonchev–Trinajstić information content (AvgIpc) is 3.04. The third kappa shape index (κ3) is 3.35. The molecule has 0 atom stereocenters. The summed E-state index contributed by atoms with van der Waals surface area (Å²) in [6.07, 6.45) is 2.14. The van der Waals surface area contributed by atoms with E-state index in [4.69, 9.17) is 11.6 Å². The molecule has 1 aliphatic heterocycles. The lowest BCUT2D eigenvalue weighted by molar-refractivity contribution is 0.652. The number of hydrogen-bond acceptors (Lipinski definition) is 3. The van der Waals surface area contributed by atoms with Crippen molar-refractivity contribution in [3.05, 3.63) is 71.5 Å². The van der Waals surface area contributed by atoms with Crippen LogP contribution >= 0.6 is 11.6 Å². The summed E-state index contributed by atoms with van der Waals surface area (Å²) in [7, 11) is 0. The summed E-state index contributed by atoms with van der Waals surface area (Å²) in [5.74, 6) is 0. The first-order valence-electron chi connectivity index (χ1n) is 8.58. The van der Waals surface area contributed by atoms with Crippen LogP contribution in [0.4, 0.5) is 11.4 Å². The molecule has 128 valence electrons. The minimum Gasteiger partial charge on any atom is -0.368 e. The normalized spacial score (nSPS) is 14.8. The molecule has 0 N–H and O–H groups in total. The van der Waals surface area contributed by atoms with Crippen molar-refractivity contribution in [2.75, 3.05) is 36.0 Å². The van der Waals surface area contributed by atoms with E-state index in [1.54, 1.807) is 0 Å². The number of hydrogen-bond donors (Lipinski definition) is 0. The van der Waals surface area contributed by atoms with Crippen LogP contribution in [0.15, 0.2) is 60.8 Å². The summed E-state index contributed by atoms with van der Waals surface area (Å²) >= 11 is 6.12. The second-order valence-electron chi connectivity index (χ2n) is 6.33. The molecule has 1 saturated heterocycles. The summed E-state index contributed by atoms with van der Waals surface area (Å²) in [6.45, 7) is 6.01. The lowest BCUT2D eigenvalue weighted by atomic mass is 10.2. The van der Waals surface area contributed by atoms with Crippen LogP contribution in [0.5, 0.6) is 0 Å². The maximum Gasteiger partial charge on any atom is 0.0831 e. The van der Waals surface area contributed by atoms with Gasteiger partial charge in [0.15, 0.2) is 0 Å². The molecule has 0 unspecified atom stereocenters. The molecule has 0 radical (unpaired) electrons. The van der Waals surface area contributed by atoms with Crippen LogP contribution in [0, 0.1) is 6.92 Å². The first-order chi connectivity index (χ1) is 12.2. The Labute approximate surface area is 153 Å². The molecule has 4 rings (SSSR count). The Morgan fingerprint density at radius 1 is 0.840 bits per heavy atom. The molecule has 2 aromatic carbocycles. The number of aromatic nitrogens is 2. The molecule has 0 amide bonds. The predicted octanol–water partition coefficient (Wildman–Crippen LogP) is 4.16. The highest BCUT2D eigenvalue weighted by Crippen LogP contribution is 2.25. The van der Waals surface area contributed by atoms with Gasteiger partial charge in [0, 0.05) is 36.9 Å². The highest BCUT2D eigenvalue weighted by atomic mass is 35.5.